The van der Waals surface area contributed by atoms with E-state index >= 15 is 0 Å². The van der Waals surface area contributed by atoms with Crippen LogP contribution in [-0.2, 0) is 16.1 Å². The highest BCUT2D eigenvalue weighted by atomic mass is 16.2. The molecule has 0 radical (unpaired) electrons. The molecule has 0 aliphatic rings. The van der Waals surface area contributed by atoms with Gasteiger partial charge in [0, 0.05) is 12.2 Å². The smallest absolute Gasteiger partial charge is 0.236 e. The zero-order chi connectivity index (χ0) is 13.7. The number of carbonyl (C=O) groups is 2. The number of benzene rings is 1. The fourth-order valence-electron chi connectivity index (χ4n) is 1.74. The van der Waals surface area contributed by atoms with Gasteiger partial charge in [-0.3, -0.25) is 9.59 Å². The summed E-state index contributed by atoms with van der Waals surface area (Å²) in [7, 11) is 0. The van der Waals surface area contributed by atoms with Crippen LogP contribution in [0.25, 0.3) is 0 Å². The molecule has 0 fully saturated rings. The number of aryl methyl sites for hydroxylation is 1. The summed E-state index contributed by atoms with van der Waals surface area (Å²) in [6.07, 6.45) is 0. The van der Waals surface area contributed by atoms with Crippen molar-refractivity contribution in [2.45, 2.75) is 13.5 Å². The maximum atomic E-state index is 11.0. The van der Waals surface area contributed by atoms with E-state index < -0.39 is 11.8 Å². The fourth-order valence-corrected chi connectivity index (χ4v) is 1.74. The Morgan fingerprint density at radius 3 is 2.17 bits per heavy atom. The molecule has 0 bridgehead atoms. The van der Waals surface area contributed by atoms with Gasteiger partial charge in [0.1, 0.15) is 0 Å². The zero-order valence-electron chi connectivity index (χ0n) is 10.3. The Morgan fingerprint density at radius 1 is 1.17 bits per heavy atom. The van der Waals surface area contributed by atoms with Crippen LogP contribution in [0.1, 0.15) is 11.1 Å². The number of amides is 2. The summed E-state index contributed by atoms with van der Waals surface area (Å²) in [4.78, 5) is 23.6. The summed E-state index contributed by atoms with van der Waals surface area (Å²) in [5, 5.41) is 0. The molecule has 18 heavy (non-hydrogen) atoms. The number of primary amides is 2. The topological polar surface area (TPSA) is 115 Å². The van der Waals surface area contributed by atoms with E-state index in [0.717, 1.165) is 16.8 Å². The monoisotopic (exact) mass is 250 g/mol. The number of nitrogens with two attached hydrogens (primary N) is 3. The lowest BCUT2D eigenvalue weighted by Crippen LogP contribution is -2.40. The summed E-state index contributed by atoms with van der Waals surface area (Å²) in [6.45, 7) is 2.08. The highest BCUT2D eigenvalue weighted by molar-refractivity contribution is 5.85. The van der Waals surface area contributed by atoms with Crippen molar-refractivity contribution in [3.05, 3.63) is 29.3 Å². The second kappa shape index (κ2) is 6.02. The predicted molar refractivity (Wildman–Crippen MR) is 69.7 cm³/mol. The van der Waals surface area contributed by atoms with E-state index in [0.29, 0.717) is 6.54 Å². The molecule has 1 aromatic rings. The molecule has 0 heterocycles. The van der Waals surface area contributed by atoms with E-state index in [-0.39, 0.29) is 13.1 Å². The summed E-state index contributed by atoms with van der Waals surface area (Å²) >= 11 is 0. The Balaban J connectivity index is 3.13. The van der Waals surface area contributed by atoms with Gasteiger partial charge in [-0.2, -0.15) is 0 Å². The normalized spacial score (nSPS) is 10.1. The molecular formula is C12H18N4O2. The molecule has 0 spiro atoms. The lowest BCUT2D eigenvalue weighted by molar-refractivity contribution is -0.117. The molecule has 0 saturated carbocycles. The van der Waals surface area contributed by atoms with Crippen molar-refractivity contribution < 1.29 is 9.59 Å². The largest absolute Gasteiger partial charge is 0.368 e. The van der Waals surface area contributed by atoms with Crippen LogP contribution < -0.4 is 22.1 Å². The molecule has 6 nitrogen and oxygen atoms in total. The second-order valence-electron chi connectivity index (χ2n) is 4.12. The van der Waals surface area contributed by atoms with E-state index in [9.17, 15) is 9.59 Å². The van der Waals surface area contributed by atoms with Crippen LogP contribution >= 0.6 is 0 Å². The number of rotatable bonds is 6. The highest BCUT2D eigenvalue weighted by Gasteiger charge is 2.15. The maximum absolute atomic E-state index is 11.0. The summed E-state index contributed by atoms with van der Waals surface area (Å²) in [5.74, 6) is -1.05. The molecule has 0 atom stereocenters. The average molecular weight is 250 g/mol. The van der Waals surface area contributed by atoms with Crippen molar-refractivity contribution in [1.82, 2.24) is 0 Å². The molecule has 1 aromatic carbocycles. The van der Waals surface area contributed by atoms with Crippen molar-refractivity contribution >= 4 is 17.5 Å². The molecule has 0 aliphatic carbocycles. The Bertz CT molecular complexity index is 443. The molecule has 98 valence electrons. The van der Waals surface area contributed by atoms with Gasteiger partial charge in [-0.25, -0.2) is 0 Å². The van der Waals surface area contributed by atoms with Crippen LogP contribution in [0.3, 0.4) is 0 Å². The van der Waals surface area contributed by atoms with E-state index in [4.69, 9.17) is 17.2 Å². The van der Waals surface area contributed by atoms with Gasteiger partial charge in [-0.05, 0) is 24.1 Å². The molecule has 6 N–H and O–H groups in total. The second-order valence-corrected chi connectivity index (χ2v) is 4.12. The molecule has 2 amide bonds. The Morgan fingerprint density at radius 2 is 1.72 bits per heavy atom. The first-order chi connectivity index (χ1) is 8.43. The lowest BCUT2D eigenvalue weighted by Gasteiger charge is -2.24. The number of anilines is 1. The Kier molecular flexibility index (Phi) is 4.67. The molecule has 6 heteroatoms. The third-order valence-corrected chi connectivity index (χ3v) is 2.49. The lowest BCUT2D eigenvalue weighted by atomic mass is 10.1. The quantitative estimate of drug-likeness (QED) is 0.614. The minimum atomic E-state index is -0.527. The van der Waals surface area contributed by atoms with Crippen molar-refractivity contribution in [2.24, 2.45) is 17.2 Å². The maximum Gasteiger partial charge on any atom is 0.236 e. The van der Waals surface area contributed by atoms with Crippen molar-refractivity contribution in [3.63, 3.8) is 0 Å². The molecule has 1 rings (SSSR count). The fraction of sp³-hybridized carbons (Fsp3) is 0.333. The van der Waals surface area contributed by atoms with E-state index in [1.54, 1.807) is 4.90 Å². The van der Waals surface area contributed by atoms with E-state index in [1.165, 1.54) is 0 Å². The van der Waals surface area contributed by atoms with Crippen LogP contribution in [0.15, 0.2) is 18.2 Å². The standard InChI is InChI=1S/C12H18N4O2/c1-8-2-3-9(5-13)10(4-8)16(6-11(14)17)7-12(15)18/h2-4H,5-7,13H2,1H3,(H2,14,17)(H2,15,18). The van der Waals surface area contributed by atoms with Gasteiger partial charge in [0.25, 0.3) is 0 Å². The van der Waals surface area contributed by atoms with E-state index in [1.807, 2.05) is 25.1 Å². The Hall–Kier alpha value is -2.08. The third kappa shape index (κ3) is 3.74. The van der Waals surface area contributed by atoms with Crippen molar-refractivity contribution in [1.29, 1.82) is 0 Å². The van der Waals surface area contributed by atoms with Crippen LogP contribution in [0.2, 0.25) is 0 Å². The summed E-state index contributed by atoms with van der Waals surface area (Å²) < 4.78 is 0. The van der Waals surface area contributed by atoms with Gasteiger partial charge < -0.3 is 22.1 Å². The van der Waals surface area contributed by atoms with Crippen LogP contribution in [0, 0.1) is 6.92 Å². The average Bonchev–Trinajstić information content (AvgIpc) is 2.26. The van der Waals surface area contributed by atoms with Crippen LogP contribution in [-0.4, -0.2) is 24.9 Å². The van der Waals surface area contributed by atoms with Gasteiger partial charge in [0.05, 0.1) is 13.1 Å². The van der Waals surface area contributed by atoms with Crippen molar-refractivity contribution in [3.8, 4) is 0 Å². The Labute approximate surface area is 106 Å². The third-order valence-electron chi connectivity index (χ3n) is 2.49. The SMILES string of the molecule is Cc1ccc(CN)c(N(CC(N)=O)CC(N)=O)c1. The predicted octanol–water partition coefficient (Wildman–Crippen LogP) is -0.769. The summed E-state index contributed by atoms with van der Waals surface area (Å²) in [5.41, 5.74) is 18.5. The van der Waals surface area contributed by atoms with Crippen LogP contribution in [0.5, 0.6) is 0 Å². The van der Waals surface area contributed by atoms with Gasteiger partial charge in [-0.15, -0.1) is 0 Å². The van der Waals surface area contributed by atoms with Gasteiger partial charge in [0.15, 0.2) is 0 Å². The van der Waals surface area contributed by atoms with Crippen molar-refractivity contribution in [2.75, 3.05) is 18.0 Å². The molecule has 0 unspecified atom stereocenters. The number of hydrogen-bond donors (Lipinski definition) is 3. The molecule has 0 saturated heterocycles. The highest BCUT2D eigenvalue weighted by Crippen LogP contribution is 2.21. The first kappa shape index (κ1) is 14.0. The number of carbonyl (C=O) groups excluding carboxylic acids is 2. The van der Waals surface area contributed by atoms with Crippen LogP contribution in [0.4, 0.5) is 5.69 Å². The first-order valence-corrected chi connectivity index (χ1v) is 5.55. The van der Waals surface area contributed by atoms with Gasteiger partial charge >= 0.3 is 0 Å². The van der Waals surface area contributed by atoms with Gasteiger partial charge in [0.2, 0.25) is 11.8 Å². The number of hydrogen-bond acceptors (Lipinski definition) is 4. The van der Waals surface area contributed by atoms with E-state index in [2.05, 4.69) is 0 Å². The number of nitrogens with zero attached hydrogens (tertiary/aromatic N) is 1. The zero-order valence-corrected chi connectivity index (χ0v) is 10.3. The molecule has 0 aromatic heterocycles. The summed E-state index contributed by atoms with van der Waals surface area (Å²) in [6, 6.07) is 5.63. The minimum Gasteiger partial charge on any atom is -0.368 e. The minimum absolute atomic E-state index is 0.0700. The van der Waals surface area contributed by atoms with Gasteiger partial charge in [-0.1, -0.05) is 12.1 Å². The first-order valence-electron chi connectivity index (χ1n) is 5.55. The molecular weight excluding hydrogens is 232 g/mol. The molecule has 0 aliphatic heterocycles.